The topological polar surface area (TPSA) is 190 Å². The van der Waals surface area contributed by atoms with Crippen molar-refractivity contribution in [1.82, 2.24) is 5.09 Å². The Labute approximate surface area is 96.3 Å². The Morgan fingerprint density at radius 1 is 1.35 bits per heavy atom. The molecule has 0 aromatic rings. The summed E-state index contributed by atoms with van der Waals surface area (Å²) in [6.45, 7) is 0.835. The number of aliphatic carboxylic acids is 2. The monoisotopic (exact) mass is 274 g/mol. The van der Waals surface area contributed by atoms with Crippen LogP contribution in [0.4, 0.5) is 0 Å². The van der Waals surface area contributed by atoms with Crippen LogP contribution in [0.5, 0.6) is 0 Å². The highest BCUT2D eigenvalue weighted by atomic mass is 31.2. The minimum atomic E-state index is -4.62. The van der Waals surface area contributed by atoms with Crippen LogP contribution < -0.4 is 10.8 Å². The van der Waals surface area contributed by atoms with E-state index in [9.17, 15) is 14.2 Å². The Balaban J connectivity index is 0. The van der Waals surface area contributed by atoms with Crippen LogP contribution in [0.15, 0.2) is 0 Å². The highest BCUT2D eigenvalue weighted by Gasteiger charge is 2.29. The zero-order valence-electron chi connectivity index (χ0n) is 8.85. The maximum absolute atomic E-state index is 10.3. The molecule has 8 N–H and O–H groups in total. The molecule has 0 fully saturated rings. The maximum atomic E-state index is 10.3. The zero-order chi connectivity index (χ0) is 14.2. The summed E-state index contributed by atoms with van der Waals surface area (Å²) >= 11 is 0. The Morgan fingerprint density at radius 3 is 1.76 bits per heavy atom. The molecule has 2 unspecified atom stereocenters. The Morgan fingerprint density at radius 2 is 1.71 bits per heavy atom. The molecule has 102 valence electrons. The van der Waals surface area contributed by atoms with Crippen molar-refractivity contribution in [2.45, 2.75) is 19.1 Å². The highest BCUT2D eigenvalue weighted by Crippen LogP contribution is 2.29. The number of nitrogens with two attached hydrogens (primary N) is 1. The number of aliphatic hydroxyl groups is 1. The van der Waals surface area contributed by atoms with Crippen molar-refractivity contribution in [1.29, 1.82) is 0 Å². The highest BCUT2D eigenvalue weighted by molar-refractivity contribution is 7.49. The minimum Gasteiger partial charge on any atom is -0.480 e. The van der Waals surface area contributed by atoms with Gasteiger partial charge in [-0.25, -0.2) is 9.65 Å². The van der Waals surface area contributed by atoms with E-state index >= 15 is 0 Å². The minimum absolute atomic E-state index is 0.278. The fourth-order valence-electron chi connectivity index (χ4n) is 0.551. The van der Waals surface area contributed by atoms with Crippen LogP contribution in [0.3, 0.4) is 0 Å². The molecule has 0 aliphatic rings. The van der Waals surface area contributed by atoms with Crippen molar-refractivity contribution < 1.29 is 39.3 Å². The van der Waals surface area contributed by atoms with E-state index in [1.807, 2.05) is 0 Å². The van der Waals surface area contributed by atoms with E-state index in [1.165, 1.54) is 5.09 Å². The average Bonchev–Trinajstić information content (AvgIpc) is 2.13. The maximum Gasteiger partial charge on any atom is 0.401 e. The van der Waals surface area contributed by atoms with Gasteiger partial charge in [0.25, 0.3) is 0 Å². The number of carbonyl (C=O) groups is 2. The van der Waals surface area contributed by atoms with Gasteiger partial charge in [0.15, 0.2) is 0 Å². The van der Waals surface area contributed by atoms with Gasteiger partial charge in [-0.15, -0.1) is 0 Å². The first-order valence-corrected chi connectivity index (χ1v) is 5.78. The van der Waals surface area contributed by atoms with Gasteiger partial charge in [0.1, 0.15) is 6.04 Å². The molecule has 0 aromatic heterocycles. The second kappa shape index (κ2) is 8.12. The van der Waals surface area contributed by atoms with Crippen molar-refractivity contribution in [3.8, 4) is 0 Å². The van der Waals surface area contributed by atoms with Crippen LogP contribution in [0, 0.1) is 0 Å². The molecular weight excluding hydrogens is 259 g/mol. The van der Waals surface area contributed by atoms with Crippen molar-refractivity contribution in [2.75, 3.05) is 6.54 Å². The SMILES string of the molecule is CC(O)C(NP(=O)(O)O)C(=O)O.NCC(=O)O. The van der Waals surface area contributed by atoms with Gasteiger partial charge in [0, 0.05) is 0 Å². The van der Waals surface area contributed by atoms with E-state index in [4.69, 9.17) is 25.1 Å². The molecule has 2 atom stereocenters. The molecule has 0 aromatic carbocycles. The van der Waals surface area contributed by atoms with Gasteiger partial charge < -0.3 is 30.8 Å². The summed E-state index contributed by atoms with van der Waals surface area (Å²) in [4.78, 5) is 36.1. The number of hydrogen-bond donors (Lipinski definition) is 7. The van der Waals surface area contributed by atoms with Crippen LogP contribution in [-0.4, -0.2) is 55.7 Å². The largest absolute Gasteiger partial charge is 0.480 e. The summed E-state index contributed by atoms with van der Waals surface area (Å²) in [7, 11) is -4.62. The standard InChI is InChI=1S/C4H10NO6P.C2H5NO2/c1-2(6)3(4(7)8)5-12(9,10)11;3-1-2(4)5/h2-3,6H,1H3,(H,7,8)(H3,5,9,10,11);1,3H2,(H,4,5). The molecule has 0 radical (unpaired) electrons. The summed E-state index contributed by atoms with van der Waals surface area (Å²) in [6.07, 6.45) is -1.38. The number of aliphatic hydroxyl groups excluding tert-OH is 1. The van der Waals surface area contributed by atoms with E-state index in [0.717, 1.165) is 6.92 Å². The lowest BCUT2D eigenvalue weighted by molar-refractivity contribution is -0.141. The zero-order valence-corrected chi connectivity index (χ0v) is 9.74. The number of hydrogen-bond acceptors (Lipinski definition) is 5. The van der Waals surface area contributed by atoms with Crippen LogP contribution >= 0.6 is 7.75 Å². The molecule has 0 amide bonds. The van der Waals surface area contributed by atoms with Crippen LogP contribution in [-0.2, 0) is 14.2 Å². The lowest BCUT2D eigenvalue weighted by Crippen LogP contribution is -2.42. The van der Waals surface area contributed by atoms with E-state index in [0.29, 0.717) is 0 Å². The summed E-state index contributed by atoms with van der Waals surface area (Å²) < 4.78 is 10.3. The van der Waals surface area contributed by atoms with Gasteiger partial charge in [-0.1, -0.05) is 0 Å². The molecule has 11 heteroatoms. The van der Waals surface area contributed by atoms with Gasteiger partial charge >= 0.3 is 19.7 Å². The molecule has 0 saturated carbocycles. The lowest BCUT2D eigenvalue weighted by Gasteiger charge is -2.17. The fourth-order valence-corrected chi connectivity index (χ4v) is 1.24. The van der Waals surface area contributed by atoms with Crippen LogP contribution in [0.2, 0.25) is 0 Å². The number of carboxylic acids is 2. The van der Waals surface area contributed by atoms with Crippen molar-refractivity contribution in [2.24, 2.45) is 5.73 Å². The molecule has 10 nitrogen and oxygen atoms in total. The van der Waals surface area contributed by atoms with E-state index in [1.54, 1.807) is 0 Å². The lowest BCUT2D eigenvalue weighted by atomic mass is 10.2. The summed E-state index contributed by atoms with van der Waals surface area (Å²) in [6, 6.07) is -1.66. The number of carboxylic acid groups (broad SMARTS) is 2. The molecule has 17 heavy (non-hydrogen) atoms. The third-order valence-electron chi connectivity index (χ3n) is 1.23. The normalized spacial score (nSPS) is 14.2. The Bertz CT molecular complexity index is 300. The third-order valence-corrected chi connectivity index (χ3v) is 1.84. The molecule has 0 saturated heterocycles. The Hall–Kier alpha value is -1.03. The van der Waals surface area contributed by atoms with Crippen molar-refractivity contribution >= 4 is 19.7 Å². The van der Waals surface area contributed by atoms with Gasteiger partial charge in [0.05, 0.1) is 12.6 Å². The Kier molecular flexibility index (Phi) is 8.76. The summed E-state index contributed by atoms with van der Waals surface area (Å²) in [5.74, 6) is -2.49. The average molecular weight is 274 g/mol. The smallest absolute Gasteiger partial charge is 0.401 e. The number of rotatable bonds is 5. The quantitative estimate of drug-likeness (QED) is 0.264. The van der Waals surface area contributed by atoms with Gasteiger partial charge in [-0.05, 0) is 6.92 Å². The predicted octanol–water partition coefficient (Wildman–Crippen LogP) is -2.47. The van der Waals surface area contributed by atoms with E-state index in [-0.39, 0.29) is 6.54 Å². The molecule has 0 heterocycles. The first-order chi connectivity index (χ1) is 7.51. The van der Waals surface area contributed by atoms with E-state index in [2.05, 4.69) is 5.73 Å². The van der Waals surface area contributed by atoms with Gasteiger partial charge in [-0.2, -0.15) is 0 Å². The fraction of sp³-hybridized carbons (Fsp3) is 0.667. The first-order valence-electron chi connectivity index (χ1n) is 4.17. The second-order valence-corrected chi connectivity index (χ2v) is 4.17. The third kappa shape index (κ3) is 12.9. The summed E-state index contributed by atoms with van der Waals surface area (Å²) in [5, 5.41) is 26.2. The molecule has 0 spiro atoms. The summed E-state index contributed by atoms with van der Waals surface area (Å²) in [5.41, 5.74) is 4.57. The number of nitrogens with one attached hydrogen (secondary N) is 1. The van der Waals surface area contributed by atoms with Crippen LogP contribution in [0.1, 0.15) is 6.92 Å². The van der Waals surface area contributed by atoms with Crippen molar-refractivity contribution in [3.05, 3.63) is 0 Å². The van der Waals surface area contributed by atoms with Crippen LogP contribution in [0.25, 0.3) is 0 Å². The molecule has 0 aliphatic heterocycles. The molecule has 0 bridgehead atoms. The van der Waals surface area contributed by atoms with Gasteiger partial charge in [-0.3, -0.25) is 9.59 Å². The molecule has 0 rings (SSSR count). The van der Waals surface area contributed by atoms with Crippen molar-refractivity contribution in [3.63, 3.8) is 0 Å². The molecular formula is C6H15N2O8P. The predicted molar refractivity (Wildman–Crippen MR) is 55.0 cm³/mol. The van der Waals surface area contributed by atoms with Gasteiger partial charge in [0.2, 0.25) is 0 Å². The second-order valence-electron chi connectivity index (χ2n) is 2.83. The molecule has 0 aliphatic carbocycles. The first kappa shape index (κ1) is 18.3. The van der Waals surface area contributed by atoms with E-state index < -0.39 is 31.8 Å².